The number of hydrogen-bond donors (Lipinski definition) is 3. The van der Waals surface area contributed by atoms with Gasteiger partial charge in [-0.25, -0.2) is 9.59 Å². The minimum absolute atomic E-state index is 0.0139. The van der Waals surface area contributed by atoms with Gasteiger partial charge in [0.15, 0.2) is 0 Å². The van der Waals surface area contributed by atoms with Crippen LogP contribution in [0.3, 0.4) is 0 Å². The molecule has 0 saturated heterocycles. The molecule has 0 radical (unpaired) electrons. The van der Waals surface area contributed by atoms with Gasteiger partial charge in [-0.05, 0) is 92.8 Å². The van der Waals surface area contributed by atoms with Gasteiger partial charge in [0.1, 0.15) is 18.1 Å². The van der Waals surface area contributed by atoms with Crippen LogP contribution < -0.4 is 16.0 Å². The van der Waals surface area contributed by atoms with Crippen LogP contribution in [-0.2, 0) is 47.7 Å². The number of hydrogen-bond acceptors (Lipinski definition) is 11. The second-order valence-electron chi connectivity index (χ2n) is 11.7. The average Bonchev–Trinajstić information content (AvgIpc) is 3.12. The summed E-state index contributed by atoms with van der Waals surface area (Å²) in [5.41, 5.74) is 0.246. The van der Waals surface area contributed by atoms with Crippen LogP contribution in [0, 0.1) is 0 Å². The first-order valence-electron chi connectivity index (χ1n) is 17.5. The van der Waals surface area contributed by atoms with Gasteiger partial charge >= 0.3 is 23.9 Å². The Morgan fingerprint density at radius 2 is 1.00 bits per heavy atom. The Labute approximate surface area is 302 Å². The number of nitrogens with one attached hydrogen (secondary N) is 3. The van der Waals surface area contributed by atoms with Gasteiger partial charge in [-0.1, -0.05) is 30.3 Å². The third-order valence-corrected chi connectivity index (χ3v) is 7.93. The molecule has 0 aliphatic heterocycles. The number of amides is 3. The highest BCUT2D eigenvalue weighted by Gasteiger charge is 2.30. The summed E-state index contributed by atoms with van der Waals surface area (Å²) in [6, 6.07) is 13.1. The van der Waals surface area contributed by atoms with E-state index in [4.69, 9.17) is 18.9 Å². The zero-order chi connectivity index (χ0) is 38.0. The van der Waals surface area contributed by atoms with Crippen LogP contribution in [0.25, 0.3) is 21.5 Å². The smallest absolute Gasteiger partial charge is 0.328 e. The van der Waals surface area contributed by atoms with E-state index in [-0.39, 0.29) is 70.5 Å². The second kappa shape index (κ2) is 21.0. The Morgan fingerprint density at radius 3 is 1.54 bits per heavy atom. The van der Waals surface area contributed by atoms with E-state index in [9.17, 15) is 33.6 Å². The van der Waals surface area contributed by atoms with Gasteiger partial charge in [0.2, 0.25) is 11.8 Å². The normalized spacial score (nSPS) is 12.5. The number of fused-ring (bicyclic) bond motifs is 2. The summed E-state index contributed by atoms with van der Waals surface area (Å²) in [6.45, 7) is 6.82. The van der Waals surface area contributed by atoms with Gasteiger partial charge in [-0.15, -0.1) is 0 Å². The van der Waals surface area contributed by atoms with Crippen LogP contribution in [0.1, 0.15) is 76.6 Å². The van der Waals surface area contributed by atoms with Crippen LogP contribution >= 0.6 is 0 Å². The molecule has 0 bridgehead atoms. The molecule has 3 amide bonds. The molecule has 14 nitrogen and oxygen atoms in total. The number of carbonyl (C=O) groups is 7. The van der Waals surface area contributed by atoms with Crippen molar-refractivity contribution in [2.45, 2.75) is 84.3 Å². The van der Waals surface area contributed by atoms with Gasteiger partial charge in [0.25, 0.3) is 5.91 Å². The Bertz CT molecular complexity index is 1740. The van der Waals surface area contributed by atoms with Crippen LogP contribution in [-0.4, -0.2) is 86.2 Å². The molecule has 0 fully saturated rings. The third-order valence-electron chi connectivity index (χ3n) is 7.93. The van der Waals surface area contributed by atoms with Gasteiger partial charge < -0.3 is 34.9 Å². The largest absolute Gasteiger partial charge is 0.466 e. The van der Waals surface area contributed by atoms with Crippen molar-refractivity contribution in [3.63, 3.8) is 0 Å². The molecule has 0 saturated carbocycles. The standard InChI is InChI=1S/C38H47N3O11/c1-5-49-33(43)19-16-30(37(47)51-7-3)39-32(42)18-15-29(36(46)41-31(38(48)52-8-4)17-20-34(44)50-6-2)40-35(45)27-14-13-26-21-24-11-9-10-12-25(24)22-28(26)23-27/h9-14,21-23,29-31H,5-8,15-20H2,1-4H3,(H,39,42)(H,40,45)(H,41,46). The van der Waals surface area contributed by atoms with E-state index < -0.39 is 59.7 Å². The number of carbonyl (C=O) groups excluding carboxylic acids is 7. The highest BCUT2D eigenvalue weighted by molar-refractivity contribution is 6.04. The van der Waals surface area contributed by atoms with Gasteiger partial charge in [0.05, 0.1) is 26.4 Å². The van der Waals surface area contributed by atoms with E-state index in [1.165, 1.54) is 0 Å². The maximum absolute atomic E-state index is 13.7. The minimum atomic E-state index is -1.34. The summed E-state index contributed by atoms with van der Waals surface area (Å²) in [4.78, 5) is 89.7. The summed E-state index contributed by atoms with van der Waals surface area (Å²) in [6.07, 6.45) is -1.15. The lowest BCUT2D eigenvalue weighted by atomic mass is 10.0. The van der Waals surface area contributed by atoms with E-state index in [0.29, 0.717) is 0 Å². The zero-order valence-electron chi connectivity index (χ0n) is 30.0. The van der Waals surface area contributed by atoms with E-state index in [0.717, 1.165) is 21.5 Å². The van der Waals surface area contributed by atoms with Crippen LogP contribution in [0.4, 0.5) is 0 Å². The Hall–Kier alpha value is -5.53. The molecule has 0 aromatic heterocycles. The van der Waals surface area contributed by atoms with Crippen molar-refractivity contribution in [1.29, 1.82) is 0 Å². The lowest BCUT2D eigenvalue weighted by Gasteiger charge is -2.23. The van der Waals surface area contributed by atoms with Gasteiger partial charge in [-0.3, -0.25) is 24.0 Å². The van der Waals surface area contributed by atoms with Crippen molar-refractivity contribution < 1.29 is 52.5 Å². The van der Waals surface area contributed by atoms with Crippen LogP contribution in [0.15, 0.2) is 54.6 Å². The predicted molar refractivity (Wildman–Crippen MR) is 191 cm³/mol. The lowest BCUT2D eigenvalue weighted by Crippen LogP contribution is -2.52. The molecule has 3 rings (SSSR count). The molecule has 0 heterocycles. The van der Waals surface area contributed by atoms with E-state index in [1.54, 1.807) is 45.9 Å². The predicted octanol–water partition coefficient (Wildman–Crippen LogP) is 3.65. The molecule has 3 unspecified atom stereocenters. The number of ether oxygens (including phenoxy) is 4. The lowest BCUT2D eigenvalue weighted by molar-refractivity contribution is -0.149. The monoisotopic (exact) mass is 721 g/mol. The Morgan fingerprint density at radius 1 is 0.519 bits per heavy atom. The third kappa shape index (κ3) is 12.7. The molecule has 3 aromatic carbocycles. The quantitative estimate of drug-likeness (QED) is 0.0877. The number of esters is 4. The highest BCUT2D eigenvalue weighted by atomic mass is 16.5. The molecule has 280 valence electrons. The minimum Gasteiger partial charge on any atom is -0.466 e. The van der Waals surface area contributed by atoms with Crippen molar-refractivity contribution >= 4 is 63.1 Å². The molecule has 3 aromatic rings. The molecule has 52 heavy (non-hydrogen) atoms. The topological polar surface area (TPSA) is 192 Å². The van der Waals surface area contributed by atoms with Gasteiger partial charge in [-0.2, -0.15) is 0 Å². The number of rotatable bonds is 20. The Kier molecular flexibility index (Phi) is 16.5. The van der Waals surface area contributed by atoms with E-state index in [2.05, 4.69) is 16.0 Å². The maximum atomic E-state index is 13.7. The summed E-state index contributed by atoms with van der Waals surface area (Å²) in [5.74, 6) is -4.74. The summed E-state index contributed by atoms with van der Waals surface area (Å²) in [5, 5.41) is 11.5. The fourth-order valence-electron chi connectivity index (χ4n) is 5.38. The fourth-order valence-corrected chi connectivity index (χ4v) is 5.38. The molecule has 0 spiro atoms. The first-order chi connectivity index (χ1) is 25.0. The molecule has 3 N–H and O–H groups in total. The van der Waals surface area contributed by atoms with Crippen molar-refractivity contribution in [3.05, 3.63) is 60.2 Å². The maximum Gasteiger partial charge on any atom is 0.328 e. The highest BCUT2D eigenvalue weighted by Crippen LogP contribution is 2.24. The van der Waals surface area contributed by atoms with Crippen molar-refractivity contribution in [1.82, 2.24) is 16.0 Å². The van der Waals surface area contributed by atoms with Crippen LogP contribution in [0.2, 0.25) is 0 Å². The Balaban J connectivity index is 1.83. The SMILES string of the molecule is CCOC(=O)CCC(NC(=O)CCC(NC(=O)c1ccc2cc3ccccc3cc2c1)C(=O)NC(CCC(=O)OCC)C(=O)OCC)C(=O)OCC. The molecule has 0 aliphatic carbocycles. The first-order valence-corrected chi connectivity index (χ1v) is 17.5. The van der Waals surface area contributed by atoms with Crippen LogP contribution in [0.5, 0.6) is 0 Å². The zero-order valence-corrected chi connectivity index (χ0v) is 30.0. The molecule has 0 aliphatic rings. The van der Waals surface area contributed by atoms with E-state index in [1.807, 2.05) is 36.4 Å². The molecular formula is C38H47N3O11. The summed E-state index contributed by atoms with van der Waals surface area (Å²) in [7, 11) is 0. The first kappa shape index (κ1) is 40.9. The van der Waals surface area contributed by atoms with Crippen molar-refractivity contribution in [2.24, 2.45) is 0 Å². The fraction of sp³-hybridized carbons (Fsp3) is 0.447. The van der Waals surface area contributed by atoms with Crippen molar-refractivity contribution in [2.75, 3.05) is 26.4 Å². The molecular weight excluding hydrogens is 674 g/mol. The van der Waals surface area contributed by atoms with Gasteiger partial charge in [0, 0.05) is 24.8 Å². The molecule has 14 heteroatoms. The van der Waals surface area contributed by atoms with Crippen molar-refractivity contribution in [3.8, 4) is 0 Å². The number of benzene rings is 3. The summed E-state index contributed by atoms with van der Waals surface area (Å²) < 4.78 is 20.0. The summed E-state index contributed by atoms with van der Waals surface area (Å²) >= 11 is 0. The van der Waals surface area contributed by atoms with E-state index >= 15 is 0 Å². The average molecular weight is 722 g/mol. The molecule has 3 atom stereocenters. The second-order valence-corrected chi connectivity index (χ2v) is 11.7.